The van der Waals surface area contributed by atoms with Gasteiger partial charge in [-0.25, -0.2) is 5.10 Å². The summed E-state index contributed by atoms with van der Waals surface area (Å²) in [6.45, 7) is 0. The van der Waals surface area contributed by atoms with Crippen LogP contribution in [0.1, 0.15) is 25.7 Å². The van der Waals surface area contributed by atoms with E-state index < -0.39 is 11.8 Å². The highest BCUT2D eigenvalue weighted by Gasteiger charge is 2.21. The maximum absolute atomic E-state index is 11.4. The lowest BCUT2D eigenvalue weighted by Crippen LogP contribution is -2.40. The number of carbonyl (C=O) groups excluding carboxylic acids is 2. The van der Waals surface area contributed by atoms with Gasteiger partial charge in [-0.15, -0.1) is 0 Å². The summed E-state index contributed by atoms with van der Waals surface area (Å²) < 4.78 is 0. The minimum absolute atomic E-state index is 0.132. The van der Waals surface area contributed by atoms with Crippen molar-refractivity contribution in [3.05, 3.63) is 6.33 Å². The highest BCUT2D eigenvalue weighted by molar-refractivity contribution is 6.39. The minimum Gasteiger partial charge on any atom is -0.345 e. The third-order valence-corrected chi connectivity index (χ3v) is 2.54. The molecular weight excluding hydrogens is 210 g/mol. The Labute approximate surface area is 92.0 Å². The molecule has 2 amide bonds. The molecule has 3 N–H and O–H groups in total. The fourth-order valence-corrected chi connectivity index (χ4v) is 1.75. The number of H-pyrrole nitrogens is 1. The van der Waals surface area contributed by atoms with Gasteiger partial charge in [-0.2, -0.15) is 10.1 Å². The Bertz CT molecular complexity index is 369. The Balaban J connectivity index is 1.82. The molecule has 0 spiro atoms. The normalized spacial score (nSPS) is 16.0. The van der Waals surface area contributed by atoms with Crippen LogP contribution in [-0.4, -0.2) is 33.0 Å². The highest BCUT2D eigenvalue weighted by atomic mass is 16.2. The molecule has 0 radical (unpaired) electrons. The van der Waals surface area contributed by atoms with E-state index in [0.717, 1.165) is 25.7 Å². The second-order valence-corrected chi connectivity index (χ2v) is 3.74. The Morgan fingerprint density at radius 1 is 1.31 bits per heavy atom. The maximum atomic E-state index is 11.4. The van der Waals surface area contributed by atoms with Crippen molar-refractivity contribution in [2.24, 2.45) is 0 Å². The van der Waals surface area contributed by atoms with Crippen LogP contribution in [0.15, 0.2) is 6.33 Å². The molecule has 0 bridgehead atoms. The van der Waals surface area contributed by atoms with E-state index in [2.05, 4.69) is 25.8 Å². The van der Waals surface area contributed by atoms with E-state index in [9.17, 15) is 9.59 Å². The molecule has 7 heteroatoms. The number of hydrogen-bond acceptors (Lipinski definition) is 4. The largest absolute Gasteiger partial charge is 0.345 e. The van der Waals surface area contributed by atoms with E-state index in [0.29, 0.717) is 0 Å². The number of amides is 2. The summed E-state index contributed by atoms with van der Waals surface area (Å²) in [5.74, 6) is -1.17. The zero-order valence-electron chi connectivity index (χ0n) is 8.69. The number of nitrogens with one attached hydrogen (secondary N) is 3. The number of rotatable bonds is 2. The molecule has 0 unspecified atom stereocenters. The van der Waals surface area contributed by atoms with Gasteiger partial charge >= 0.3 is 11.8 Å². The Morgan fingerprint density at radius 3 is 2.69 bits per heavy atom. The van der Waals surface area contributed by atoms with E-state index in [4.69, 9.17) is 0 Å². The van der Waals surface area contributed by atoms with Crippen molar-refractivity contribution in [2.75, 3.05) is 5.32 Å². The topological polar surface area (TPSA) is 99.8 Å². The van der Waals surface area contributed by atoms with Gasteiger partial charge in [0.1, 0.15) is 6.33 Å². The van der Waals surface area contributed by atoms with Gasteiger partial charge in [-0.1, -0.05) is 12.8 Å². The molecule has 86 valence electrons. The second-order valence-electron chi connectivity index (χ2n) is 3.74. The van der Waals surface area contributed by atoms with Gasteiger partial charge in [0.2, 0.25) is 5.95 Å². The standard InChI is InChI=1S/C9H13N5O2/c15-7(12-6-3-1-2-4-6)8(16)13-9-10-5-11-14-9/h5-6H,1-4H2,(H,12,15)(H2,10,11,13,14,16). The van der Waals surface area contributed by atoms with Crippen LogP contribution in [0, 0.1) is 0 Å². The molecule has 1 fully saturated rings. The Morgan fingerprint density at radius 2 is 2.06 bits per heavy atom. The summed E-state index contributed by atoms with van der Waals surface area (Å²) in [4.78, 5) is 26.5. The van der Waals surface area contributed by atoms with Crippen LogP contribution in [0.25, 0.3) is 0 Å². The molecule has 1 saturated carbocycles. The number of anilines is 1. The van der Waals surface area contributed by atoms with Crippen LogP contribution in [0.5, 0.6) is 0 Å². The zero-order chi connectivity index (χ0) is 11.4. The third kappa shape index (κ3) is 2.56. The monoisotopic (exact) mass is 223 g/mol. The second kappa shape index (κ2) is 4.73. The van der Waals surface area contributed by atoms with Crippen LogP contribution in [0.3, 0.4) is 0 Å². The predicted molar refractivity (Wildman–Crippen MR) is 55.4 cm³/mol. The van der Waals surface area contributed by atoms with Gasteiger partial charge in [0.15, 0.2) is 0 Å². The minimum atomic E-state index is -0.719. The van der Waals surface area contributed by atoms with Crippen LogP contribution in [-0.2, 0) is 9.59 Å². The lowest BCUT2D eigenvalue weighted by Gasteiger charge is -2.10. The molecule has 2 rings (SSSR count). The molecule has 1 heterocycles. The first-order valence-corrected chi connectivity index (χ1v) is 5.23. The number of nitrogens with zero attached hydrogens (tertiary/aromatic N) is 2. The van der Waals surface area contributed by atoms with E-state index in [1.165, 1.54) is 6.33 Å². The zero-order valence-corrected chi connectivity index (χ0v) is 8.69. The molecular formula is C9H13N5O2. The SMILES string of the molecule is O=C(Nc1ncn[nH]1)C(=O)NC1CCCC1. The van der Waals surface area contributed by atoms with Gasteiger partial charge in [0.05, 0.1) is 0 Å². The van der Waals surface area contributed by atoms with E-state index >= 15 is 0 Å². The van der Waals surface area contributed by atoms with Crippen molar-refractivity contribution in [1.82, 2.24) is 20.5 Å². The summed E-state index contributed by atoms with van der Waals surface area (Å²) >= 11 is 0. The molecule has 16 heavy (non-hydrogen) atoms. The fourth-order valence-electron chi connectivity index (χ4n) is 1.75. The summed E-state index contributed by atoms with van der Waals surface area (Å²) in [6, 6.07) is 0.132. The third-order valence-electron chi connectivity index (χ3n) is 2.54. The molecule has 0 aromatic carbocycles. The molecule has 1 aromatic heterocycles. The maximum Gasteiger partial charge on any atom is 0.316 e. The van der Waals surface area contributed by atoms with Gasteiger partial charge in [-0.05, 0) is 12.8 Å². The average molecular weight is 223 g/mol. The summed E-state index contributed by atoms with van der Waals surface area (Å²) in [5, 5.41) is 11.0. The number of aromatic amines is 1. The van der Waals surface area contributed by atoms with Crippen LogP contribution >= 0.6 is 0 Å². The van der Waals surface area contributed by atoms with E-state index in [1.807, 2.05) is 0 Å². The van der Waals surface area contributed by atoms with Gasteiger partial charge in [0.25, 0.3) is 0 Å². The number of carbonyl (C=O) groups is 2. The predicted octanol–water partition coefficient (Wildman–Crippen LogP) is -0.198. The lowest BCUT2D eigenvalue weighted by molar-refractivity contribution is -0.136. The Hall–Kier alpha value is -1.92. The van der Waals surface area contributed by atoms with Crippen molar-refractivity contribution >= 4 is 17.8 Å². The first-order valence-electron chi connectivity index (χ1n) is 5.23. The van der Waals surface area contributed by atoms with Crippen molar-refractivity contribution < 1.29 is 9.59 Å². The number of aromatic nitrogens is 3. The summed E-state index contributed by atoms with van der Waals surface area (Å²) in [6.07, 6.45) is 5.36. The quantitative estimate of drug-likeness (QED) is 0.604. The molecule has 0 saturated heterocycles. The van der Waals surface area contributed by atoms with Gasteiger partial charge < -0.3 is 5.32 Å². The Kier molecular flexibility index (Phi) is 3.13. The van der Waals surface area contributed by atoms with Gasteiger partial charge in [-0.3, -0.25) is 14.9 Å². The van der Waals surface area contributed by atoms with Gasteiger partial charge in [0, 0.05) is 6.04 Å². The fraction of sp³-hybridized carbons (Fsp3) is 0.556. The van der Waals surface area contributed by atoms with Crippen molar-refractivity contribution in [3.63, 3.8) is 0 Å². The molecule has 1 aliphatic carbocycles. The smallest absolute Gasteiger partial charge is 0.316 e. The van der Waals surface area contributed by atoms with Crippen LogP contribution in [0.4, 0.5) is 5.95 Å². The summed E-state index contributed by atoms with van der Waals surface area (Å²) in [5.41, 5.74) is 0. The average Bonchev–Trinajstić information content (AvgIpc) is 2.90. The van der Waals surface area contributed by atoms with E-state index in [-0.39, 0.29) is 12.0 Å². The first-order chi connectivity index (χ1) is 7.75. The number of hydrogen-bond donors (Lipinski definition) is 3. The summed E-state index contributed by atoms with van der Waals surface area (Å²) in [7, 11) is 0. The highest BCUT2D eigenvalue weighted by Crippen LogP contribution is 2.17. The van der Waals surface area contributed by atoms with Crippen LogP contribution in [0.2, 0.25) is 0 Å². The van der Waals surface area contributed by atoms with E-state index in [1.54, 1.807) is 0 Å². The van der Waals surface area contributed by atoms with Crippen molar-refractivity contribution in [3.8, 4) is 0 Å². The molecule has 1 aromatic rings. The van der Waals surface area contributed by atoms with Crippen molar-refractivity contribution in [1.29, 1.82) is 0 Å². The van der Waals surface area contributed by atoms with Crippen molar-refractivity contribution in [2.45, 2.75) is 31.7 Å². The lowest BCUT2D eigenvalue weighted by atomic mass is 10.2. The molecule has 1 aliphatic rings. The van der Waals surface area contributed by atoms with Crippen LogP contribution < -0.4 is 10.6 Å². The molecule has 0 atom stereocenters. The first kappa shape index (κ1) is 10.6. The molecule has 7 nitrogen and oxygen atoms in total. The molecule has 0 aliphatic heterocycles.